The molecule has 1 aliphatic rings. The Morgan fingerprint density at radius 1 is 1.40 bits per heavy atom. The highest BCUT2D eigenvalue weighted by Gasteiger charge is 2.34. The fourth-order valence-electron chi connectivity index (χ4n) is 2.91. The van der Waals surface area contributed by atoms with Crippen molar-refractivity contribution in [1.82, 2.24) is 14.6 Å². The van der Waals surface area contributed by atoms with Crippen molar-refractivity contribution in [2.45, 2.75) is 45.8 Å². The van der Waals surface area contributed by atoms with Crippen LogP contribution in [0.15, 0.2) is 12.3 Å². The van der Waals surface area contributed by atoms with Crippen LogP contribution in [0, 0.1) is 0 Å². The average molecular weight is 274 g/mol. The summed E-state index contributed by atoms with van der Waals surface area (Å²) in [7, 11) is 1.72. The van der Waals surface area contributed by atoms with Gasteiger partial charge in [0, 0.05) is 30.8 Å². The van der Waals surface area contributed by atoms with Crippen LogP contribution in [0.25, 0.3) is 5.65 Å². The van der Waals surface area contributed by atoms with Crippen molar-refractivity contribution in [3.05, 3.63) is 23.5 Å². The lowest BCUT2D eigenvalue weighted by Gasteiger charge is -2.37. The summed E-state index contributed by atoms with van der Waals surface area (Å²) >= 11 is 0. The molecule has 2 aromatic rings. The molecule has 0 bridgehead atoms. The molecule has 0 saturated heterocycles. The van der Waals surface area contributed by atoms with Gasteiger partial charge in [0.25, 0.3) is 0 Å². The molecule has 2 aromatic heterocycles. The van der Waals surface area contributed by atoms with E-state index in [1.807, 2.05) is 16.8 Å². The summed E-state index contributed by atoms with van der Waals surface area (Å²) in [4.78, 5) is 7.15. The number of anilines is 1. The van der Waals surface area contributed by atoms with Gasteiger partial charge in [-0.1, -0.05) is 6.92 Å². The van der Waals surface area contributed by atoms with Crippen molar-refractivity contribution in [3.63, 3.8) is 0 Å². The minimum atomic E-state index is 0.121. The van der Waals surface area contributed by atoms with Crippen molar-refractivity contribution >= 4 is 11.5 Å². The SMILES string of the molecule is CCC(C)(C)N1CCc2c(COC)nc3ccnn3c21. The second kappa shape index (κ2) is 4.74. The van der Waals surface area contributed by atoms with Crippen LogP contribution in [0.5, 0.6) is 0 Å². The quantitative estimate of drug-likeness (QED) is 0.859. The van der Waals surface area contributed by atoms with Crippen LogP contribution in [0.2, 0.25) is 0 Å². The lowest BCUT2D eigenvalue weighted by molar-refractivity contribution is 0.181. The number of rotatable bonds is 4. The van der Waals surface area contributed by atoms with E-state index < -0.39 is 0 Å². The van der Waals surface area contributed by atoms with Gasteiger partial charge in [-0.3, -0.25) is 0 Å². The first-order valence-corrected chi connectivity index (χ1v) is 7.20. The van der Waals surface area contributed by atoms with E-state index in [-0.39, 0.29) is 5.54 Å². The van der Waals surface area contributed by atoms with Gasteiger partial charge in [-0.25, -0.2) is 4.98 Å². The second-order valence-electron chi connectivity index (χ2n) is 5.96. The number of hydrogen-bond acceptors (Lipinski definition) is 4. The van der Waals surface area contributed by atoms with Crippen LogP contribution in [0.3, 0.4) is 0 Å². The van der Waals surface area contributed by atoms with Gasteiger partial charge in [0.05, 0.1) is 18.5 Å². The first-order chi connectivity index (χ1) is 9.58. The van der Waals surface area contributed by atoms with Crippen molar-refractivity contribution in [1.29, 1.82) is 0 Å². The lowest BCUT2D eigenvalue weighted by atomic mass is 10.00. The molecule has 20 heavy (non-hydrogen) atoms. The predicted molar refractivity (Wildman–Crippen MR) is 79.1 cm³/mol. The highest BCUT2D eigenvalue weighted by molar-refractivity contribution is 5.61. The summed E-state index contributed by atoms with van der Waals surface area (Å²) < 4.78 is 7.29. The molecule has 0 N–H and O–H groups in total. The van der Waals surface area contributed by atoms with E-state index >= 15 is 0 Å². The summed E-state index contributed by atoms with van der Waals surface area (Å²) in [6.45, 7) is 8.38. The molecule has 5 heteroatoms. The first kappa shape index (κ1) is 13.4. The molecule has 3 heterocycles. The molecule has 0 atom stereocenters. The number of fused-ring (bicyclic) bond motifs is 3. The second-order valence-corrected chi connectivity index (χ2v) is 5.96. The maximum Gasteiger partial charge on any atom is 0.157 e. The molecule has 0 spiro atoms. The third-order valence-corrected chi connectivity index (χ3v) is 4.41. The molecule has 0 aliphatic carbocycles. The van der Waals surface area contributed by atoms with Crippen LogP contribution < -0.4 is 4.90 Å². The zero-order chi connectivity index (χ0) is 14.3. The van der Waals surface area contributed by atoms with Gasteiger partial charge < -0.3 is 9.64 Å². The lowest BCUT2D eigenvalue weighted by Crippen LogP contribution is -2.43. The van der Waals surface area contributed by atoms with Crippen LogP contribution in [0.4, 0.5) is 5.82 Å². The third-order valence-electron chi connectivity index (χ3n) is 4.41. The van der Waals surface area contributed by atoms with Crippen LogP contribution in [0.1, 0.15) is 38.4 Å². The maximum absolute atomic E-state index is 5.32. The number of nitrogens with zero attached hydrogens (tertiary/aromatic N) is 4. The molecule has 0 fully saturated rings. The third kappa shape index (κ3) is 1.88. The van der Waals surface area contributed by atoms with Gasteiger partial charge in [0.15, 0.2) is 5.65 Å². The average Bonchev–Trinajstić information content (AvgIpc) is 3.04. The Labute approximate surface area is 119 Å². The molecule has 3 rings (SSSR count). The molecule has 0 radical (unpaired) electrons. The van der Waals surface area contributed by atoms with Crippen molar-refractivity contribution in [3.8, 4) is 0 Å². The molecular weight excluding hydrogens is 252 g/mol. The van der Waals surface area contributed by atoms with E-state index in [0.29, 0.717) is 6.61 Å². The summed E-state index contributed by atoms with van der Waals surface area (Å²) in [5.74, 6) is 1.19. The zero-order valence-electron chi connectivity index (χ0n) is 12.7. The highest BCUT2D eigenvalue weighted by Crippen LogP contribution is 2.36. The first-order valence-electron chi connectivity index (χ1n) is 7.20. The predicted octanol–water partition coefficient (Wildman–Crippen LogP) is 2.43. The van der Waals surface area contributed by atoms with E-state index in [0.717, 1.165) is 30.7 Å². The van der Waals surface area contributed by atoms with Crippen molar-refractivity contribution < 1.29 is 4.74 Å². The Morgan fingerprint density at radius 2 is 2.20 bits per heavy atom. The number of methoxy groups -OCH3 is 1. The maximum atomic E-state index is 5.32. The van der Waals surface area contributed by atoms with Crippen molar-refractivity contribution in [2.24, 2.45) is 0 Å². The van der Waals surface area contributed by atoms with Gasteiger partial charge >= 0.3 is 0 Å². The zero-order valence-corrected chi connectivity index (χ0v) is 12.7. The summed E-state index contributed by atoms with van der Waals surface area (Å²) in [6.07, 6.45) is 3.92. The molecular formula is C15H22N4O. The smallest absolute Gasteiger partial charge is 0.157 e. The Bertz CT molecular complexity index is 632. The monoisotopic (exact) mass is 274 g/mol. The summed E-state index contributed by atoms with van der Waals surface area (Å²) in [5, 5.41) is 4.46. The molecule has 108 valence electrons. The normalized spacial score (nSPS) is 15.1. The summed E-state index contributed by atoms with van der Waals surface area (Å²) in [5.41, 5.74) is 3.35. The van der Waals surface area contributed by atoms with E-state index in [2.05, 4.69) is 35.8 Å². The Balaban J connectivity index is 2.21. The Hall–Kier alpha value is -1.62. The number of ether oxygens (including phenoxy) is 1. The van der Waals surface area contributed by atoms with Gasteiger partial charge in [-0.15, -0.1) is 0 Å². The highest BCUT2D eigenvalue weighted by atomic mass is 16.5. The van der Waals surface area contributed by atoms with Crippen LogP contribution in [-0.4, -0.2) is 33.8 Å². The van der Waals surface area contributed by atoms with Gasteiger partial charge in [-0.05, 0) is 26.7 Å². The van der Waals surface area contributed by atoms with E-state index in [4.69, 9.17) is 4.74 Å². The fourth-order valence-corrected chi connectivity index (χ4v) is 2.91. The largest absolute Gasteiger partial charge is 0.378 e. The van der Waals surface area contributed by atoms with Gasteiger partial charge in [0.1, 0.15) is 5.82 Å². The minimum absolute atomic E-state index is 0.121. The van der Waals surface area contributed by atoms with Gasteiger partial charge in [-0.2, -0.15) is 9.61 Å². The standard InChI is InChI=1S/C15H22N4O/c1-5-15(2,3)18-9-7-11-12(10-20-4)17-13-6-8-16-19(13)14(11)18/h6,8H,5,7,9-10H2,1-4H3. The minimum Gasteiger partial charge on any atom is -0.378 e. The molecule has 5 nitrogen and oxygen atoms in total. The molecule has 0 saturated carbocycles. The van der Waals surface area contributed by atoms with E-state index in [1.54, 1.807) is 7.11 Å². The molecule has 0 amide bonds. The van der Waals surface area contributed by atoms with E-state index in [9.17, 15) is 0 Å². The summed E-state index contributed by atoms with van der Waals surface area (Å²) in [6, 6.07) is 1.95. The topological polar surface area (TPSA) is 42.7 Å². The number of aromatic nitrogens is 3. The van der Waals surface area contributed by atoms with Gasteiger partial charge in [0.2, 0.25) is 0 Å². The molecule has 0 unspecified atom stereocenters. The Morgan fingerprint density at radius 3 is 2.90 bits per heavy atom. The Kier molecular flexibility index (Phi) is 3.17. The van der Waals surface area contributed by atoms with Crippen LogP contribution >= 0.6 is 0 Å². The molecule has 1 aliphatic heterocycles. The molecule has 0 aromatic carbocycles. The number of hydrogen-bond donors (Lipinski definition) is 0. The van der Waals surface area contributed by atoms with Crippen LogP contribution in [-0.2, 0) is 17.8 Å². The van der Waals surface area contributed by atoms with Crippen molar-refractivity contribution in [2.75, 3.05) is 18.6 Å². The fraction of sp³-hybridized carbons (Fsp3) is 0.600. The van der Waals surface area contributed by atoms with E-state index in [1.165, 1.54) is 11.4 Å².